The third kappa shape index (κ3) is 6.71. The van der Waals surface area contributed by atoms with Crippen LogP contribution in [0.4, 0.5) is 0 Å². The molecule has 5 nitrogen and oxygen atoms in total. The first-order chi connectivity index (χ1) is 8.97. The molecule has 0 aliphatic rings. The largest absolute Gasteiger partial charge is 0.383 e. The lowest BCUT2D eigenvalue weighted by atomic mass is 10.4. The molecule has 1 aromatic carbocycles. The first-order valence-corrected chi connectivity index (χ1v) is 8.27. The molecule has 0 atom stereocenters. The van der Waals surface area contributed by atoms with Crippen LogP contribution in [0.5, 0.6) is 0 Å². The Morgan fingerprint density at radius 3 is 2.60 bits per heavy atom. The summed E-state index contributed by atoms with van der Waals surface area (Å²) in [7, 11) is -1.96. The van der Waals surface area contributed by atoms with Gasteiger partial charge in [-0.2, -0.15) is 0 Å². The molecular formula is C11H17BrCl2N2O3S. The molecule has 9 heteroatoms. The van der Waals surface area contributed by atoms with Crippen molar-refractivity contribution in [1.29, 1.82) is 0 Å². The van der Waals surface area contributed by atoms with E-state index < -0.39 is 10.0 Å². The minimum atomic E-state index is -3.57. The van der Waals surface area contributed by atoms with Gasteiger partial charge in [0.2, 0.25) is 10.0 Å². The van der Waals surface area contributed by atoms with Crippen molar-refractivity contribution >= 4 is 50.0 Å². The van der Waals surface area contributed by atoms with Gasteiger partial charge in [0, 0.05) is 31.2 Å². The summed E-state index contributed by atoms with van der Waals surface area (Å²) in [6, 6.07) is 4.65. The molecule has 0 saturated carbocycles. The first-order valence-electron chi connectivity index (χ1n) is 5.62. The molecule has 0 fully saturated rings. The van der Waals surface area contributed by atoms with Crippen molar-refractivity contribution < 1.29 is 13.2 Å². The van der Waals surface area contributed by atoms with Gasteiger partial charge in [0.15, 0.2) is 0 Å². The number of benzene rings is 1. The van der Waals surface area contributed by atoms with Gasteiger partial charge in [-0.05, 0) is 18.2 Å². The summed E-state index contributed by atoms with van der Waals surface area (Å²) < 4.78 is 32.1. The van der Waals surface area contributed by atoms with Crippen molar-refractivity contribution in [1.82, 2.24) is 10.0 Å². The van der Waals surface area contributed by atoms with E-state index in [1.165, 1.54) is 6.07 Å². The molecule has 1 aromatic rings. The Hall–Kier alpha value is 0.110. The van der Waals surface area contributed by atoms with Crippen LogP contribution in [0.15, 0.2) is 27.6 Å². The van der Waals surface area contributed by atoms with Crippen LogP contribution in [0.25, 0.3) is 0 Å². The second-order valence-electron chi connectivity index (χ2n) is 3.72. The highest BCUT2D eigenvalue weighted by molar-refractivity contribution is 9.10. The third-order valence-electron chi connectivity index (χ3n) is 2.26. The van der Waals surface area contributed by atoms with Gasteiger partial charge in [0.1, 0.15) is 4.90 Å². The molecule has 0 radical (unpaired) electrons. The lowest BCUT2D eigenvalue weighted by Crippen LogP contribution is -2.33. The minimum Gasteiger partial charge on any atom is -0.383 e. The highest BCUT2D eigenvalue weighted by Crippen LogP contribution is 2.24. The van der Waals surface area contributed by atoms with E-state index in [1.54, 1.807) is 19.2 Å². The van der Waals surface area contributed by atoms with Crippen LogP contribution in [0.2, 0.25) is 5.02 Å². The highest BCUT2D eigenvalue weighted by atomic mass is 79.9. The molecule has 1 rings (SSSR count). The van der Waals surface area contributed by atoms with Crippen LogP contribution in [0, 0.1) is 0 Å². The van der Waals surface area contributed by atoms with E-state index in [4.69, 9.17) is 16.3 Å². The van der Waals surface area contributed by atoms with Crippen molar-refractivity contribution in [3.05, 3.63) is 27.7 Å². The average molecular weight is 408 g/mol. The number of methoxy groups -OCH3 is 1. The molecule has 0 aliphatic carbocycles. The first kappa shape index (κ1) is 20.1. The Bertz CT molecular complexity index is 514. The van der Waals surface area contributed by atoms with Gasteiger partial charge in [-0.25, -0.2) is 13.1 Å². The molecule has 0 aromatic heterocycles. The van der Waals surface area contributed by atoms with Crippen molar-refractivity contribution in [2.75, 3.05) is 33.4 Å². The van der Waals surface area contributed by atoms with Crippen LogP contribution in [-0.4, -0.2) is 41.8 Å². The normalized spacial score (nSPS) is 11.2. The SMILES string of the molecule is COCCNCCNS(=O)(=O)c1ccc(Br)cc1Cl.Cl. The van der Waals surface area contributed by atoms with E-state index in [0.29, 0.717) is 26.2 Å². The number of hydrogen-bond donors (Lipinski definition) is 2. The summed E-state index contributed by atoms with van der Waals surface area (Å²) in [5.74, 6) is 0. The fourth-order valence-corrected chi connectivity index (χ4v) is 3.41. The minimum absolute atomic E-state index is 0. The standard InChI is InChI=1S/C11H16BrClN2O3S.ClH/c1-18-7-6-14-4-5-15-19(16,17)11-3-2-9(12)8-10(11)13;/h2-3,8,14-15H,4-7H2,1H3;1H. The molecule has 116 valence electrons. The van der Waals surface area contributed by atoms with Crippen molar-refractivity contribution in [3.8, 4) is 0 Å². The van der Waals surface area contributed by atoms with Gasteiger partial charge in [0.25, 0.3) is 0 Å². The molecular weight excluding hydrogens is 391 g/mol. The van der Waals surface area contributed by atoms with Crippen molar-refractivity contribution in [2.45, 2.75) is 4.90 Å². The third-order valence-corrected chi connectivity index (χ3v) is 4.70. The van der Waals surface area contributed by atoms with E-state index in [0.717, 1.165) is 4.47 Å². The summed E-state index contributed by atoms with van der Waals surface area (Å²) >= 11 is 9.14. The van der Waals surface area contributed by atoms with Gasteiger partial charge < -0.3 is 10.1 Å². The highest BCUT2D eigenvalue weighted by Gasteiger charge is 2.17. The molecule has 0 amide bonds. The van der Waals surface area contributed by atoms with Crippen LogP contribution in [-0.2, 0) is 14.8 Å². The second kappa shape index (κ2) is 9.94. The molecule has 0 spiro atoms. The number of ether oxygens (including phenoxy) is 1. The fraction of sp³-hybridized carbons (Fsp3) is 0.455. The smallest absolute Gasteiger partial charge is 0.242 e. The zero-order chi connectivity index (χ0) is 14.3. The van der Waals surface area contributed by atoms with Gasteiger partial charge in [0.05, 0.1) is 11.6 Å². The van der Waals surface area contributed by atoms with Gasteiger partial charge in [-0.1, -0.05) is 27.5 Å². The van der Waals surface area contributed by atoms with Crippen LogP contribution in [0.1, 0.15) is 0 Å². The lowest BCUT2D eigenvalue weighted by molar-refractivity contribution is 0.199. The molecule has 0 unspecified atom stereocenters. The molecule has 20 heavy (non-hydrogen) atoms. The van der Waals surface area contributed by atoms with E-state index in [9.17, 15) is 8.42 Å². The maximum absolute atomic E-state index is 12.0. The topological polar surface area (TPSA) is 67.4 Å². The Morgan fingerprint density at radius 2 is 2.00 bits per heavy atom. The van der Waals surface area contributed by atoms with E-state index >= 15 is 0 Å². The summed E-state index contributed by atoms with van der Waals surface area (Å²) in [4.78, 5) is 0.0780. The predicted molar refractivity (Wildman–Crippen MR) is 86.3 cm³/mol. The molecule has 0 bridgehead atoms. The van der Waals surface area contributed by atoms with Crippen LogP contribution in [0.3, 0.4) is 0 Å². The molecule has 0 saturated heterocycles. The maximum Gasteiger partial charge on any atom is 0.242 e. The summed E-state index contributed by atoms with van der Waals surface area (Å²) in [5, 5.41) is 3.23. The quantitative estimate of drug-likeness (QED) is 0.647. The Labute approximate surface area is 139 Å². The fourth-order valence-electron chi connectivity index (χ4n) is 1.34. The summed E-state index contributed by atoms with van der Waals surface area (Å²) in [6.45, 7) is 2.08. The van der Waals surface area contributed by atoms with E-state index in [1.807, 2.05) is 0 Å². The zero-order valence-electron chi connectivity index (χ0n) is 10.9. The van der Waals surface area contributed by atoms with Gasteiger partial charge in [-0.15, -0.1) is 12.4 Å². The molecule has 0 heterocycles. The molecule has 2 N–H and O–H groups in total. The average Bonchev–Trinajstić information content (AvgIpc) is 2.33. The van der Waals surface area contributed by atoms with E-state index in [2.05, 4.69) is 26.0 Å². The summed E-state index contributed by atoms with van der Waals surface area (Å²) in [6.07, 6.45) is 0. The Kier molecular flexibility index (Phi) is 10.00. The van der Waals surface area contributed by atoms with Crippen LogP contribution < -0.4 is 10.0 Å². The molecule has 0 aliphatic heterocycles. The van der Waals surface area contributed by atoms with Gasteiger partial charge >= 0.3 is 0 Å². The Morgan fingerprint density at radius 1 is 1.30 bits per heavy atom. The lowest BCUT2D eigenvalue weighted by Gasteiger charge is -2.09. The van der Waals surface area contributed by atoms with Crippen LogP contribution >= 0.6 is 39.9 Å². The number of hydrogen-bond acceptors (Lipinski definition) is 4. The number of halogens is 3. The number of rotatable bonds is 8. The van der Waals surface area contributed by atoms with E-state index in [-0.39, 0.29) is 22.3 Å². The number of sulfonamides is 1. The summed E-state index contributed by atoms with van der Waals surface area (Å²) in [5.41, 5.74) is 0. The van der Waals surface area contributed by atoms with Crippen molar-refractivity contribution in [2.24, 2.45) is 0 Å². The predicted octanol–water partition coefficient (Wildman–Crippen LogP) is 2.04. The second-order valence-corrected chi connectivity index (χ2v) is 6.77. The zero-order valence-corrected chi connectivity index (χ0v) is 14.8. The maximum atomic E-state index is 12.0. The monoisotopic (exact) mass is 406 g/mol. The number of nitrogens with one attached hydrogen (secondary N) is 2. The Balaban J connectivity index is 0.00000361. The van der Waals surface area contributed by atoms with Gasteiger partial charge in [-0.3, -0.25) is 0 Å². The van der Waals surface area contributed by atoms with Crippen molar-refractivity contribution in [3.63, 3.8) is 0 Å².